The van der Waals surface area contributed by atoms with Crippen LogP contribution in [-0.2, 0) is 6.61 Å². The summed E-state index contributed by atoms with van der Waals surface area (Å²) in [5, 5.41) is 8.72. The fraction of sp³-hybridized carbons (Fsp3) is 0.143. The summed E-state index contributed by atoms with van der Waals surface area (Å²) in [6.07, 6.45) is 0. The Morgan fingerprint density at radius 1 is 1.27 bits per heavy atom. The normalized spacial score (nSPS) is 10.2. The van der Waals surface area contributed by atoms with E-state index in [2.05, 4.69) is 31.9 Å². The van der Waals surface area contributed by atoms with Gasteiger partial charge < -0.3 is 5.11 Å². The van der Waals surface area contributed by atoms with Gasteiger partial charge in [0.2, 0.25) is 0 Å². The molecule has 0 aliphatic carbocycles. The maximum absolute atomic E-state index is 12.8. The number of aliphatic hydroxyl groups excluding tert-OH is 1. The van der Waals surface area contributed by atoms with E-state index in [9.17, 15) is 4.39 Å². The lowest BCUT2D eigenvalue weighted by Crippen LogP contribution is -1.88. The maximum Gasteiger partial charge on any atom is 0.137 e. The van der Waals surface area contributed by atoms with E-state index >= 15 is 0 Å². The Balaban J connectivity index is 3.21. The lowest BCUT2D eigenvalue weighted by molar-refractivity contribution is 0.280. The van der Waals surface area contributed by atoms with E-state index in [1.807, 2.05) is 0 Å². The van der Waals surface area contributed by atoms with Gasteiger partial charge in [0.25, 0.3) is 0 Å². The van der Waals surface area contributed by atoms with Crippen LogP contribution in [0.4, 0.5) is 4.39 Å². The third kappa shape index (κ3) is 2.01. The Hall–Kier alpha value is 0.0700. The van der Waals surface area contributed by atoms with Crippen LogP contribution in [0.25, 0.3) is 0 Å². The van der Waals surface area contributed by atoms with E-state index < -0.39 is 0 Å². The highest BCUT2D eigenvalue weighted by Crippen LogP contribution is 2.24. The minimum absolute atomic E-state index is 0.162. The average Bonchev–Trinajstić information content (AvgIpc) is 1.97. The number of benzene rings is 1. The van der Waals surface area contributed by atoms with E-state index in [-0.39, 0.29) is 12.4 Å². The highest BCUT2D eigenvalue weighted by molar-refractivity contribution is 9.11. The Morgan fingerprint density at radius 2 is 1.91 bits per heavy atom. The molecule has 0 aliphatic heterocycles. The molecule has 0 aliphatic rings. The Labute approximate surface area is 80.5 Å². The molecule has 1 rings (SSSR count). The van der Waals surface area contributed by atoms with Crippen molar-refractivity contribution in [3.63, 3.8) is 0 Å². The van der Waals surface area contributed by atoms with E-state index in [1.54, 1.807) is 6.07 Å². The molecule has 0 spiro atoms. The molecule has 0 bridgehead atoms. The summed E-state index contributed by atoms with van der Waals surface area (Å²) >= 11 is 6.21. The lowest BCUT2D eigenvalue weighted by Gasteiger charge is -2.01. The maximum atomic E-state index is 12.8. The molecule has 0 fully saturated rings. The zero-order valence-corrected chi connectivity index (χ0v) is 8.61. The number of hydrogen-bond donors (Lipinski definition) is 1. The number of aliphatic hydroxyl groups is 1. The molecule has 0 radical (unpaired) electrons. The Morgan fingerprint density at radius 3 is 2.45 bits per heavy atom. The molecule has 0 amide bonds. The first kappa shape index (κ1) is 9.16. The number of hydrogen-bond acceptors (Lipinski definition) is 1. The zero-order valence-electron chi connectivity index (χ0n) is 5.44. The van der Waals surface area contributed by atoms with Crippen LogP contribution in [0.2, 0.25) is 0 Å². The van der Waals surface area contributed by atoms with Crippen molar-refractivity contribution < 1.29 is 9.50 Å². The number of halogens is 3. The third-order valence-electron chi connectivity index (χ3n) is 1.26. The molecule has 1 aromatic carbocycles. The first-order valence-corrected chi connectivity index (χ1v) is 4.48. The van der Waals surface area contributed by atoms with Crippen LogP contribution in [0.15, 0.2) is 21.1 Å². The Bertz CT molecular complexity index is 275. The van der Waals surface area contributed by atoms with Crippen molar-refractivity contribution in [1.82, 2.24) is 0 Å². The topological polar surface area (TPSA) is 20.2 Å². The summed E-state index contributed by atoms with van der Waals surface area (Å²) in [5.41, 5.74) is 0.547. The minimum Gasteiger partial charge on any atom is -0.392 e. The van der Waals surface area contributed by atoms with E-state index in [0.29, 0.717) is 14.5 Å². The molecule has 1 aromatic rings. The van der Waals surface area contributed by atoms with Gasteiger partial charge in [0.15, 0.2) is 0 Å². The van der Waals surface area contributed by atoms with Gasteiger partial charge in [0.05, 0.1) is 11.1 Å². The van der Waals surface area contributed by atoms with Crippen LogP contribution >= 0.6 is 31.9 Å². The van der Waals surface area contributed by atoms with Gasteiger partial charge in [0.1, 0.15) is 5.82 Å². The molecule has 0 saturated carbocycles. The fourth-order valence-corrected chi connectivity index (χ4v) is 1.80. The molecule has 11 heavy (non-hydrogen) atoms. The average molecular weight is 284 g/mol. The second-order valence-electron chi connectivity index (χ2n) is 2.02. The molecule has 60 valence electrons. The molecule has 4 heteroatoms. The van der Waals surface area contributed by atoms with Gasteiger partial charge in [-0.2, -0.15) is 0 Å². The van der Waals surface area contributed by atoms with Crippen LogP contribution in [0.1, 0.15) is 5.56 Å². The highest BCUT2D eigenvalue weighted by atomic mass is 79.9. The van der Waals surface area contributed by atoms with Gasteiger partial charge in [-0.05, 0) is 33.6 Å². The van der Waals surface area contributed by atoms with E-state index in [0.717, 1.165) is 0 Å². The van der Waals surface area contributed by atoms with Crippen molar-refractivity contribution in [3.05, 3.63) is 32.5 Å². The number of rotatable bonds is 1. The molecule has 0 aromatic heterocycles. The van der Waals surface area contributed by atoms with Crippen molar-refractivity contribution >= 4 is 31.9 Å². The molecular weight excluding hydrogens is 279 g/mol. The first-order chi connectivity index (χ1) is 5.15. The predicted molar refractivity (Wildman–Crippen MR) is 47.7 cm³/mol. The fourth-order valence-electron chi connectivity index (χ4n) is 0.685. The van der Waals surface area contributed by atoms with Crippen molar-refractivity contribution in [1.29, 1.82) is 0 Å². The highest BCUT2D eigenvalue weighted by Gasteiger charge is 2.04. The van der Waals surface area contributed by atoms with Gasteiger partial charge >= 0.3 is 0 Å². The summed E-state index contributed by atoms with van der Waals surface area (Å²) in [4.78, 5) is 0. The molecule has 0 atom stereocenters. The quantitative estimate of drug-likeness (QED) is 0.786. The lowest BCUT2D eigenvalue weighted by atomic mass is 10.2. The second-order valence-corrected chi connectivity index (χ2v) is 3.72. The third-order valence-corrected chi connectivity index (χ3v) is 2.61. The van der Waals surface area contributed by atoms with Gasteiger partial charge in [-0.1, -0.05) is 15.9 Å². The zero-order chi connectivity index (χ0) is 8.43. The van der Waals surface area contributed by atoms with Crippen LogP contribution in [-0.4, -0.2) is 5.11 Å². The molecule has 0 unspecified atom stereocenters. The van der Waals surface area contributed by atoms with Crippen LogP contribution in [0, 0.1) is 5.82 Å². The summed E-state index contributed by atoms with van der Waals surface area (Å²) in [7, 11) is 0. The first-order valence-electron chi connectivity index (χ1n) is 2.89. The predicted octanol–water partition coefficient (Wildman–Crippen LogP) is 2.84. The largest absolute Gasteiger partial charge is 0.392 e. The van der Waals surface area contributed by atoms with Crippen molar-refractivity contribution in [3.8, 4) is 0 Å². The molecule has 1 N–H and O–H groups in total. The van der Waals surface area contributed by atoms with Crippen molar-refractivity contribution in [2.24, 2.45) is 0 Å². The van der Waals surface area contributed by atoms with Crippen molar-refractivity contribution in [2.75, 3.05) is 0 Å². The van der Waals surface area contributed by atoms with Crippen LogP contribution in [0.3, 0.4) is 0 Å². The minimum atomic E-state index is -0.364. The van der Waals surface area contributed by atoms with Crippen LogP contribution < -0.4 is 0 Å². The van der Waals surface area contributed by atoms with Gasteiger partial charge in [-0.25, -0.2) is 4.39 Å². The monoisotopic (exact) mass is 282 g/mol. The molecular formula is C7H5Br2FO. The van der Waals surface area contributed by atoms with E-state index in [1.165, 1.54) is 6.07 Å². The van der Waals surface area contributed by atoms with E-state index in [4.69, 9.17) is 5.11 Å². The van der Waals surface area contributed by atoms with Crippen molar-refractivity contribution in [2.45, 2.75) is 6.61 Å². The second kappa shape index (κ2) is 3.65. The van der Waals surface area contributed by atoms with Gasteiger partial charge in [0, 0.05) is 4.47 Å². The van der Waals surface area contributed by atoms with Gasteiger partial charge in [-0.15, -0.1) is 0 Å². The summed E-state index contributed by atoms with van der Waals surface area (Å²) < 4.78 is 13.9. The standard InChI is InChI=1S/C7H5Br2FO/c8-5-2-6(9)7(10)1-4(5)3-11/h1-2,11H,3H2. The van der Waals surface area contributed by atoms with Gasteiger partial charge in [-0.3, -0.25) is 0 Å². The summed E-state index contributed by atoms with van der Waals surface area (Å²) in [6, 6.07) is 2.86. The van der Waals surface area contributed by atoms with Crippen LogP contribution in [0.5, 0.6) is 0 Å². The molecule has 0 heterocycles. The SMILES string of the molecule is OCc1cc(F)c(Br)cc1Br. The molecule has 0 saturated heterocycles. The summed E-state index contributed by atoms with van der Waals surface area (Å²) in [6.45, 7) is -0.162. The molecule has 1 nitrogen and oxygen atoms in total. The summed E-state index contributed by atoms with van der Waals surface area (Å²) in [5.74, 6) is -0.364. The Kier molecular flexibility index (Phi) is 3.04. The smallest absolute Gasteiger partial charge is 0.137 e.